The first-order valence-corrected chi connectivity index (χ1v) is 8.44. The Morgan fingerprint density at radius 3 is 2.45 bits per heavy atom. The number of rotatable bonds is 6. The van der Waals surface area contributed by atoms with E-state index in [-0.39, 0.29) is 11.8 Å². The van der Waals surface area contributed by atoms with Gasteiger partial charge in [0.15, 0.2) is 5.13 Å². The van der Waals surface area contributed by atoms with Gasteiger partial charge in [-0.1, -0.05) is 39.8 Å². The molecular formula is C17H23N3OS. The highest BCUT2D eigenvalue weighted by Crippen LogP contribution is 2.26. The highest BCUT2D eigenvalue weighted by Gasteiger charge is 2.08. The lowest BCUT2D eigenvalue weighted by Gasteiger charge is -2.08. The normalized spacial score (nSPS) is 11.0. The highest BCUT2D eigenvalue weighted by atomic mass is 32.1. The number of nitrogens with one attached hydrogen (secondary N) is 2. The largest absolute Gasteiger partial charge is 0.361 e. The summed E-state index contributed by atoms with van der Waals surface area (Å²) in [6.45, 7) is 9.03. The summed E-state index contributed by atoms with van der Waals surface area (Å²) in [6.07, 6.45) is 0. The number of thiazole rings is 1. The van der Waals surface area contributed by atoms with Crippen molar-refractivity contribution in [1.29, 1.82) is 0 Å². The number of amides is 1. The van der Waals surface area contributed by atoms with E-state index in [1.807, 2.05) is 43.5 Å². The topological polar surface area (TPSA) is 54.0 Å². The molecule has 0 aliphatic heterocycles. The SMILES string of the molecule is CC(C)CNc1nc(-c2ccc(NC(=O)C(C)C)cc2)cs1. The molecule has 5 heteroatoms. The predicted octanol–water partition coefficient (Wildman–Crippen LogP) is 4.47. The number of hydrogen-bond donors (Lipinski definition) is 2. The summed E-state index contributed by atoms with van der Waals surface area (Å²) in [5.41, 5.74) is 2.82. The van der Waals surface area contributed by atoms with Crippen LogP contribution in [-0.2, 0) is 4.79 Å². The Labute approximate surface area is 136 Å². The molecule has 0 saturated heterocycles. The molecule has 0 unspecified atom stereocenters. The van der Waals surface area contributed by atoms with Crippen molar-refractivity contribution in [3.63, 3.8) is 0 Å². The number of carbonyl (C=O) groups excluding carboxylic acids is 1. The number of anilines is 2. The molecule has 0 saturated carbocycles. The van der Waals surface area contributed by atoms with Crippen LogP contribution in [0.1, 0.15) is 27.7 Å². The van der Waals surface area contributed by atoms with Gasteiger partial charge in [0.05, 0.1) is 5.69 Å². The molecule has 1 aromatic heterocycles. The molecule has 2 rings (SSSR count). The summed E-state index contributed by atoms with van der Waals surface area (Å²) in [5.74, 6) is 0.602. The Morgan fingerprint density at radius 1 is 1.18 bits per heavy atom. The van der Waals surface area contributed by atoms with Crippen LogP contribution in [0.15, 0.2) is 29.6 Å². The summed E-state index contributed by atoms with van der Waals surface area (Å²) in [4.78, 5) is 16.3. The molecule has 0 aliphatic rings. The zero-order chi connectivity index (χ0) is 16.1. The van der Waals surface area contributed by atoms with Crippen molar-refractivity contribution in [2.75, 3.05) is 17.2 Å². The van der Waals surface area contributed by atoms with Gasteiger partial charge in [-0.25, -0.2) is 4.98 Å². The van der Waals surface area contributed by atoms with Gasteiger partial charge in [-0.15, -0.1) is 11.3 Å². The number of nitrogens with zero attached hydrogens (tertiary/aromatic N) is 1. The molecule has 0 radical (unpaired) electrons. The maximum Gasteiger partial charge on any atom is 0.226 e. The number of aromatic nitrogens is 1. The molecule has 118 valence electrons. The number of hydrogen-bond acceptors (Lipinski definition) is 4. The minimum atomic E-state index is -0.0205. The summed E-state index contributed by atoms with van der Waals surface area (Å²) in [7, 11) is 0. The average molecular weight is 317 g/mol. The Kier molecular flexibility index (Phi) is 5.55. The first-order chi connectivity index (χ1) is 10.5. The monoisotopic (exact) mass is 317 g/mol. The maximum absolute atomic E-state index is 11.7. The third kappa shape index (κ3) is 4.56. The molecular weight excluding hydrogens is 294 g/mol. The van der Waals surface area contributed by atoms with E-state index in [9.17, 15) is 4.79 Å². The Hall–Kier alpha value is -1.88. The minimum Gasteiger partial charge on any atom is -0.361 e. The molecule has 0 fully saturated rings. The molecule has 1 amide bonds. The molecule has 1 heterocycles. The molecule has 0 bridgehead atoms. The van der Waals surface area contributed by atoms with Gasteiger partial charge >= 0.3 is 0 Å². The first kappa shape index (κ1) is 16.5. The molecule has 2 N–H and O–H groups in total. The molecule has 0 atom stereocenters. The highest BCUT2D eigenvalue weighted by molar-refractivity contribution is 7.14. The standard InChI is InChI=1S/C17H23N3OS/c1-11(2)9-18-17-20-15(10-22-17)13-5-7-14(8-6-13)19-16(21)12(3)4/h5-8,10-12H,9H2,1-4H3,(H,18,20)(H,19,21). The van der Waals surface area contributed by atoms with Crippen molar-refractivity contribution in [1.82, 2.24) is 4.98 Å². The molecule has 0 aliphatic carbocycles. The fourth-order valence-corrected chi connectivity index (χ4v) is 2.52. The predicted molar refractivity (Wildman–Crippen MR) is 94.3 cm³/mol. The molecule has 4 nitrogen and oxygen atoms in total. The minimum absolute atomic E-state index is 0.0205. The van der Waals surface area contributed by atoms with Crippen LogP contribution in [0, 0.1) is 11.8 Å². The fraction of sp³-hybridized carbons (Fsp3) is 0.412. The van der Waals surface area contributed by atoms with E-state index >= 15 is 0 Å². The van der Waals surface area contributed by atoms with Crippen LogP contribution < -0.4 is 10.6 Å². The molecule has 0 spiro atoms. The quantitative estimate of drug-likeness (QED) is 0.826. The summed E-state index contributed by atoms with van der Waals surface area (Å²) in [5, 5.41) is 9.21. The van der Waals surface area contributed by atoms with Gasteiger partial charge in [0, 0.05) is 29.1 Å². The fourth-order valence-electron chi connectivity index (χ4n) is 1.79. The van der Waals surface area contributed by atoms with Gasteiger partial charge < -0.3 is 10.6 Å². The van der Waals surface area contributed by atoms with Gasteiger partial charge in [-0.3, -0.25) is 4.79 Å². The van der Waals surface area contributed by atoms with Crippen molar-refractivity contribution in [2.45, 2.75) is 27.7 Å². The number of benzene rings is 1. The second-order valence-corrected chi connectivity index (χ2v) is 6.89. The molecule has 22 heavy (non-hydrogen) atoms. The van der Waals surface area contributed by atoms with Crippen LogP contribution >= 0.6 is 11.3 Å². The lowest BCUT2D eigenvalue weighted by Crippen LogP contribution is -2.17. The zero-order valence-electron chi connectivity index (χ0n) is 13.5. The van der Waals surface area contributed by atoms with Crippen molar-refractivity contribution in [2.24, 2.45) is 11.8 Å². The van der Waals surface area contributed by atoms with E-state index < -0.39 is 0 Å². The van der Waals surface area contributed by atoms with Crippen LogP contribution in [0.4, 0.5) is 10.8 Å². The maximum atomic E-state index is 11.7. The average Bonchev–Trinajstić information content (AvgIpc) is 2.94. The second kappa shape index (κ2) is 7.40. The zero-order valence-corrected chi connectivity index (χ0v) is 14.3. The smallest absolute Gasteiger partial charge is 0.226 e. The Bertz CT molecular complexity index is 617. The molecule has 1 aromatic carbocycles. The van der Waals surface area contributed by atoms with Crippen LogP contribution in [0.3, 0.4) is 0 Å². The van der Waals surface area contributed by atoms with Crippen LogP contribution in [-0.4, -0.2) is 17.4 Å². The van der Waals surface area contributed by atoms with E-state index in [0.717, 1.165) is 28.6 Å². The van der Waals surface area contributed by atoms with Gasteiger partial charge in [0.25, 0.3) is 0 Å². The van der Waals surface area contributed by atoms with E-state index in [0.29, 0.717) is 5.92 Å². The van der Waals surface area contributed by atoms with Crippen molar-refractivity contribution in [3.05, 3.63) is 29.6 Å². The van der Waals surface area contributed by atoms with Gasteiger partial charge in [-0.2, -0.15) is 0 Å². The summed E-state index contributed by atoms with van der Waals surface area (Å²) < 4.78 is 0. The Balaban J connectivity index is 2.02. The number of carbonyl (C=O) groups is 1. The molecule has 2 aromatic rings. The van der Waals surface area contributed by atoms with Gasteiger partial charge in [0.2, 0.25) is 5.91 Å². The first-order valence-electron chi connectivity index (χ1n) is 7.56. The van der Waals surface area contributed by atoms with Crippen molar-refractivity contribution >= 4 is 28.1 Å². The van der Waals surface area contributed by atoms with E-state index in [1.165, 1.54) is 0 Å². The van der Waals surface area contributed by atoms with E-state index in [1.54, 1.807) is 11.3 Å². The third-order valence-electron chi connectivity index (χ3n) is 3.14. The third-order valence-corrected chi connectivity index (χ3v) is 3.94. The van der Waals surface area contributed by atoms with Crippen molar-refractivity contribution in [3.8, 4) is 11.3 Å². The second-order valence-electron chi connectivity index (χ2n) is 6.03. The van der Waals surface area contributed by atoms with Crippen LogP contribution in [0.5, 0.6) is 0 Å². The van der Waals surface area contributed by atoms with E-state index in [2.05, 4.69) is 29.5 Å². The van der Waals surface area contributed by atoms with Crippen LogP contribution in [0.25, 0.3) is 11.3 Å². The lowest BCUT2D eigenvalue weighted by atomic mass is 10.1. The summed E-state index contributed by atoms with van der Waals surface area (Å²) in [6, 6.07) is 7.79. The summed E-state index contributed by atoms with van der Waals surface area (Å²) >= 11 is 1.61. The van der Waals surface area contributed by atoms with Gasteiger partial charge in [0.1, 0.15) is 0 Å². The van der Waals surface area contributed by atoms with Gasteiger partial charge in [-0.05, 0) is 18.1 Å². The lowest BCUT2D eigenvalue weighted by molar-refractivity contribution is -0.118. The van der Waals surface area contributed by atoms with E-state index in [4.69, 9.17) is 0 Å². The van der Waals surface area contributed by atoms with Crippen molar-refractivity contribution < 1.29 is 4.79 Å². The Morgan fingerprint density at radius 2 is 1.86 bits per heavy atom. The van der Waals surface area contributed by atoms with Crippen LogP contribution in [0.2, 0.25) is 0 Å².